The zero-order chi connectivity index (χ0) is 8.97. The monoisotopic (exact) mass is 164 g/mol. The zero-order valence-corrected chi connectivity index (χ0v) is 7.67. The summed E-state index contributed by atoms with van der Waals surface area (Å²) < 4.78 is 0. The first-order chi connectivity index (χ1) is 5.68. The third-order valence-corrected chi connectivity index (χ3v) is 1.68. The van der Waals surface area contributed by atoms with E-state index in [-0.39, 0.29) is 6.04 Å². The van der Waals surface area contributed by atoms with Gasteiger partial charge in [-0.25, -0.2) is 0 Å². The van der Waals surface area contributed by atoms with Crippen molar-refractivity contribution < 1.29 is 0 Å². The van der Waals surface area contributed by atoms with Gasteiger partial charge in [0.2, 0.25) is 0 Å². The van der Waals surface area contributed by atoms with Crippen molar-refractivity contribution in [2.45, 2.75) is 19.9 Å². The summed E-state index contributed by atoms with van der Waals surface area (Å²) in [6.07, 6.45) is 0. The van der Waals surface area contributed by atoms with Crippen LogP contribution in [0.4, 0.5) is 5.69 Å². The van der Waals surface area contributed by atoms with Gasteiger partial charge in [0.25, 0.3) is 0 Å². The minimum atomic E-state index is 0.200. The van der Waals surface area contributed by atoms with Gasteiger partial charge in [0.15, 0.2) is 0 Å². The van der Waals surface area contributed by atoms with Crippen LogP contribution in [0.25, 0.3) is 0 Å². The van der Waals surface area contributed by atoms with E-state index in [2.05, 4.69) is 36.5 Å². The van der Waals surface area contributed by atoms with Crippen LogP contribution in [0.1, 0.15) is 12.5 Å². The Labute approximate surface area is 73.8 Å². The van der Waals surface area contributed by atoms with Gasteiger partial charge in [-0.1, -0.05) is 17.7 Å². The molecule has 0 unspecified atom stereocenters. The summed E-state index contributed by atoms with van der Waals surface area (Å²) in [5.74, 6) is 0. The van der Waals surface area contributed by atoms with E-state index in [0.717, 1.165) is 12.2 Å². The molecular formula is C10H16N2. The van der Waals surface area contributed by atoms with E-state index in [0.29, 0.717) is 0 Å². The number of rotatable bonds is 3. The Morgan fingerprint density at radius 1 is 1.33 bits per heavy atom. The molecule has 0 heterocycles. The van der Waals surface area contributed by atoms with Crippen molar-refractivity contribution in [1.29, 1.82) is 0 Å². The quantitative estimate of drug-likeness (QED) is 0.714. The Kier molecular flexibility index (Phi) is 3.11. The molecule has 1 rings (SSSR count). The van der Waals surface area contributed by atoms with Crippen molar-refractivity contribution in [1.82, 2.24) is 0 Å². The summed E-state index contributed by atoms with van der Waals surface area (Å²) in [4.78, 5) is 0. The van der Waals surface area contributed by atoms with Crippen molar-refractivity contribution >= 4 is 5.69 Å². The molecule has 1 atom stereocenters. The average Bonchev–Trinajstić information content (AvgIpc) is 2.03. The molecule has 1 aromatic carbocycles. The number of hydrogen-bond donors (Lipinski definition) is 2. The third kappa shape index (κ3) is 2.93. The molecule has 12 heavy (non-hydrogen) atoms. The first-order valence-electron chi connectivity index (χ1n) is 4.24. The standard InChI is InChI=1S/C10H16N2/c1-8-3-5-10(6-4-8)12-7-9(2)11/h3-6,9,12H,7,11H2,1-2H3/t9-/m1/s1. The van der Waals surface area contributed by atoms with Crippen LogP contribution in [-0.4, -0.2) is 12.6 Å². The highest BCUT2D eigenvalue weighted by atomic mass is 14.9. The topological polar surface area (TPSA) is 38.0 Å². The molecule has 1 aromatic rings. The van der Waals surface area contributed by atoms with E-state index in [9.17, 15) is 0 Å². The van der Waals surface area contributed by atoms with Gasteiger partial charge >= 0.3 is 0 Å². The molecule has 0 aliphatic heterocycles. The van der Waals surface area contributed by atoms with Crippen molar-refractivity contribution in [3.05, 3.63) is 29.8 Å². The molecule has 0 saturated carbocycles. The van der Waals surface area contributed by atoms with E-state index in [1.165, 1.54) is 5.56 Å². The largest absolute Gasteiger partial charge is 0.383 e. The molecule has 0 radical (unpaired) electrons. The van der Waals surface area contributed by atoms with Gasteiger partial charge in [-0.05, 0) is 26.0 Å². The molecule has 0 aliphatic rings. The van der Waals surface area contributed by atoms with Crippen LogP contribution in [0.3, 0.4) is 0 Å². The molecule has 0 fully saturated rings. The van der Waals surface area contributed by atoms with Gasteiger partial charge in [-0.3, -0.25) is 0 Å². The molecule has 0 bridgehead atoms. The summed E-state index contributed by atoms with van der Waals surface area (Å²) in [5.41, 5.74) is 8.02. The maximum atomic E-state index is 5.61. The number of nitrogens with one attached hydrogen (secondary N) is 1. The molecule has 0 saturated heterocycles. The van der Waals surface area contributed by atoms with Crippen LogP contribution in [0, 0.1) is 6.92 Å². The van der Waals surface area contributed by atoms with Gasteiger partial charge < -0.3 is 11.1 Å². The lowest BCUT2D eigenvalue weighted by Crippen LogP contribution is -2.25. The van der Waals surface area contributed by atoms with Gasteiger partial charge in [-0.2, -0.15) is 0 Å². The zero-order valence-electron chi connectivity index (χ0n) is 7.67. The third-order valence-electron chi connectivity index (χ3n) is 1.68. The smallest absolute Gasteiger partial charge is 0.0340 e. The minimum Gasteiger partial charge on any atom is -0.383 e. The van der Waals surface area contributed by atoms with Crippen LogP contribution in [0.2, 0.25) is 0 Å². The van der Waals surface area contributed by atoms with Crippen LogP contribution in [-0.2, 0) is 0 Å². The Morgan fingerprint density at radius 2 is 1.92 bits per heavy atom. The van der Waals surface area contributed by atoms with Gasteiger partial charge in [0.05, 0.1) is 0 Å². The fraction of sp³-hybridized carbons (Fsp3) is 0.400. The van der Waals surface area contributed by atoms with Gasteiger partial charge in [-0.15, -0.1) is 0 Å². The number of anilines is 1. The average molecular weight is 164 g/mol. The molecule has 2 nitrogen and oxygen atoms in total. The lowest BCUT2D eigenvalue weighted by molar-refractivity contribution is 0.780. The summed E-state index contributed by atoms with van der Waals surface area (Å²) in [7, 11) is 0. The van der Waals surface area contributed by atoms with Crippen molar-refractivity contribution in [2.75, 3.05) is 11.9 Å². The van der Waals surface area contributed by atoms with Gasteiger partial charge in [0, 0.05) is 18.3 Å². The van der Waals surface area contributed by atoms with Crippen LogP contribution >= 0.6 is 0 Å². The minimum absolute atomic E-state index is 0.200. The van der Waals surface area contributed by atoms with E-state index in [4.69, 9.17) is 5.73 Å². The molecule has 0 spiro atoms. The maximum Gasteiger partial charge on any atom is 0.0340 e. The van der Waals surface area contributed by atoms with Crippen LogP contribution in [0.15, 0.2) is 24.3 Å². The molecule has 0 aliphatic carbocycles. The van der Waals surface area contributed by atoms with Gasteiger partial charge in [0.1, 0.15) is 0 Å². The highest BCUT2D eigenvalue weighted by Gasteiger charge is 1.93. The first kappa shape index (κ1) is 9.07. The Bertz CT molecular complexity index is 226. The highest BCUT2D eigenvalue weighted by Crippen LogP contribution is 2.07. The molecule has 66 valence electrons. The lowest BCUT2D eigenvalue weighted by atomic mass is 10.2. The molecular weight excluding hydrogens is 148 g/mol. The fourth-order valence-electron chi connectivity index (χ4n) is 0.950. The fourth-order valence-corrected chi connectivity index (χ4v) is 0.950. The SMILES string of the molecule is Cc1ccc(NC[C@@H](C)N)cc1. The molecule has 2 heteroatoms. The first-order valence-corrected chi connectivity index (χ1v) is 4.24. The Morgan fingerprint density at radius 3 is 2.42 bits per heavy atom. The second kappa shape index (κ2) is 4.12. The highest BCUT2D eigenvalue weighted by molar-refractivity contribution is 5.44. The number of aryl methyl sites for hydroxylation is 1. The Balaban J connectivity index is 2.48. The van der Waals surface area contributed by atoms with E-state index in [1.807, 2.05) is 6.92 Å². The predicted octanol–water partition coefficient (Wildman–Crippen LogP) is 1.75. The number of nitrogens with two attached hydrogens (primary N) is 1. The maximum absolute atomic E-state index is 5.61. The summed E-state index contributed by atoms with van der Waals surface area (Å²) in [6, 6.07) is 8.51. The second-order valence-electron chi connectivity index (χ2n) is 3.22. The summed E-state index contributed by atoms with van der Waals surface area (Å²) in [5, 5.41) is 3.25. The Hall–Kier alpha value is -1.02. The normalized spacial score (nSPS) is 12.6. The molecule has 0 amide bonds. The van der Waals surface area contributed by atoms with E-state index < -0.39 is 0 Å². The van der Waals surface area contributed by atoms with Crippen molar-refractivity contribution in [3.8, 4) is 0 Å². The lowest BCUT2D eigenvalue weighted by Gasteiger charge is -2.08. The van der Waals surface area contributed by atoms with E-state index in [1.54, 1.807) is 0 Å². The summed E-state index contributed by atoms with van der Waals surface area (Å²) in [6.45, 7) is 4.89. The number of hydrogen-bond acceptors (Lipinski definition) is 2. The van der Waals surface area contributed by atoms with Crippen LogP contribution < -0.4 is 11.1 Å². The van der Waals surface area contributed by atoms with Crippen molar-refractivity contribution in [2.24, 2.45) is 5.73 Å². The number of benzene rings is 1. The molecule has 0 aromatic heterocycles. The van der Waals surface area contributed by atoms with E-state index >= 15 is 0 Å². The predicted molar refractivity (Wildman–Crippen MR) is 53.3 cm³/mol. The van der Waals surface area contributed by atoms with Crippen LogP contribution in [0.5, 0.6) is 0 Å². The summed E-state index contributed by atoms with van der Waals surface area (Å²) >= 11 is 0. The second-order valence-corrected chi connectivity index (χ2v) is 3.22. The molecule has 3 N–H and O–H groups in total. The van der Waals surface area contributed by atoms with Crippen molar-refractivity contribution in [3.63, 3.8) is 0 Å².